The summed E-state index contributed by atoms with van der Waals surface area (Å²) in [7, 11) is 0. The molecular weight excluding hydrogens is 140 g/mol. The molecule has 1 N–H and O–H groups in total. The van der Waals surface area contributed by atoms with Crippen molar-refractivity contribution in [2.24, 2.45) is 5.92 Å². The number of rotatable bonds is 3. The highest BCUT2D eigenvalue weighted by Crippen LogP contribution is 2.21. The van der Waals surface area contributed by atoms with E-state index in [2.05, 4.69) is 13.8 Å². The maximum absolute atomic E-state index is 9.67. The summed E-state index contributed by atoms with van der Waals surface area (Å²) in [6.45, 7) is 4.89. The van der Waals surface area contributed by atoms with Crippen LogP contribution in [0.25, 0.3) is 0 Å². The molecule has 0 amide bonds. The fraction of sp³-hybridized carbons (Fsp3) is 0.778. The number of ether oxygens (including phenoxy) is 1. The molecule has 0 saturated carbocycles. The smallest absolute Gasteiger partial charge is 0.0912 e. The Hall–Kier alpha value is -0.500. The average Bonchev–Trinajstić information content (AvgIpc) is 2.53. The molecule has 1 aliphatic rings. The molecule has 64 valence electrons. The third kappa shape index (κ3) is 1.96. The maximum atomic E-state index is 9.67. The summed E-state index contributed by atoms with van der Waals surface area (Å²) in [4.78, 5) is 0. The van der Waals surface area contributed by atoms with Gasteiger partial charge in [-0.25, -0.2) is 0 Å². The fourth-order valence-corrected chi connectivity index (χ4v) is 1.21. The highest BCUT2D eigenvalue weighted by atomic mass is 16.5. The average molecular weight is 156 g/mol. The molecule has 2 nitrogen and oxygen atoms in total. The van der Waals surface area contributed by atoms with Gasteiger partial charge in [-0.2, -0.15) is 0 Å². The van der Waals surface area contributed by atoms with Crippen LogP contribution >= 0.6 is 0 Å². The highest BCUT2D eigenvalue weighted by molar-refractivity contribution is 5.09. The van der Waals surface area contributed by atoms with Crippen LogP contribution < -0.4 is 0 Å². The second kappa shape index (κ2) is 3.77. The van der Waals surface area contributed by atoms with Crippen molar-refractivity contribution in [1.29, 1.82) is 0 Å². The summed E-state index contributed by atoms with van der Waals surface area (Å²) in [5.41, 5.74) is 1.05. The lowest BCUT2D eigenvalue weighted by Gasteiger charge is -2.16. The van der Waals surface area contributed by atoms with E-state index >= 15 is 0 Å². The monoisotopic (exact) mass is 156 g/mol. The minimum Gasteiger partial charge on any atom is -0.501 e. The number of hydrogen-bond acceptors (Lipinski definition) is 2. The SMILES string of the molecule is CCC(C)C(O)C1=COCC1. The molecule has 11 heavy (non-hydrogen) atoms. The second-order valence-corrected chi connectivity index (χ2v) is 3.14. The normalized spacial score (nSPS) is 22.3. The standard InChI is InChI=1S/C9H16O2/c1-3-7(2)9(10)8-4-5-11-6-8/h6-7,9-10H,3-5H2,1-2H3. The Morgan fingerprint density at radius 2 is 2.45 bits per heavy atom. The lowest BCUT2D eigenvalue weighted by Crippen LogP contribution is -2.18. The van der Waals surface area contributed by atoms with Crippen LogP contribution in [0.1, 0.15) is 26.7 Å². The van der Waals surface area contributed by atoms with Crippen LogP contribution in [0.2, 0.25) is 0 Å². The molecule has 0 aromatic heterocycles. The third-order valence-corrected chi connectivity index (χ3v) is 2.31. The molecule has 0 fully saturated rings. The summed E-state index contributed by atoms with van der Waals surface area (Å²) in [5, 5.41) is 9.67. The predicted molar refractivity (Wildman–Crippen MR) is 44.1 cm³/mol. The van der Waals surface area contributed by atoms with Gasteiger partial charge in [-0.05, 0) is 11.5 Å². The predicted octanol–water partition coefficient (Wildman–Crippen LogP) is 1.70. The van der Waals surface area contributed by atoms with E-state index in [1.807, 2.05) is 0 Å². The summed E-state index contributed by atoms with van der Waals surface area (Å²) in [5.74, 6) is 0.350. The molecule has 2 atom stereocenters. The lowest BCUT2D eigenvalue weighted by atomic mass is 9.95. The largest absolute Gasteiger partial charge is 0.501 e. The van der Waals surface area contributed by atoms with Gasteiger partial charge in [0, 0.05) is 6.42 Å². The van der Waals surface area contributed by atoms with E-state index in [1.165, 1.54) is 0 Å². The van der Waals surface area contributed by atoms with Crippen LogP contribution in [-0.4, -0.2) is 17.8 Å². The fourth-order valence-electron chi connectivity index (χ4n) is 1.21. The van der Waals surface area contributed by atoms with Crippen molar-refractivity contribution in [3.8, 4) is 0 Å². The molecule has 2 heteroatoms. The van der Waals surface area contributed by atoms with E-state index in [9.17, 15) is 5.11 Å². The van der Waals surface area contributed by atoms with Crippen molar-refractivity contribution in [3.05, 3.63) is 11.8 Å². The van der Waals surface area contributed by atoms with E-state index in [4.69, 9.17) is 4.74 Å². The van der Waals surface area contributed by atoms with E-state index in [1.54, 1.807) is 6.26 Å². The van der Waals surface area contributed by atoms with Crippen molar-refractivity contribution < 1.29 is 9.84 Å². The quantitative estimate of drug-likeness (QED) is 0.674. The molecule has 0 saturated heterocycles. The molecule has 1 heterocycles. The van der Waals surface area contributed by atoms with Crippen LogP contribution in [0.5, 0.6) is 0 Å². The van der Waals surface area contributed by atoms with Gasteiger partial charge in [0.2, 0.25) is 0 Å². The van der Waals surface area contributed by atoms with Gasteiger partial charge in [0.15, 0.2) is 0 Å². The van der Waals surface area contributed by atoms with Gasteiger partial charge in [0.25, 0.3) is 0 Å². The summed E-state index contributed by atoms with van der Waals surface area (Å²) in [6, 6.07) is 0. The zero-order valence-corrected chi connectivity index (χ0v) is 7.21. The van der Waals surface area contributed by atoms with Gasteiger partial charge >= 0.3 is 0 Å². The number of aliphatic hydroxyl groups is 1. The molecule has 1 rings (SSSR count). The van der Waals surface area contributed by atoms with Crippen LogP contribution in [0.15, 0.2) is 11.8 Å². The Labute approximate surface area is 67.9 Å². The Balaban J connectivity index is 2.45. The zero-order chi connectivity index (χ0) is 8.27. The Bertz CT molecular complexity index is 152. The van der Waals surface area contributed by atoms with Gasteiger partial charge in [0.05, 0.1) is 19.0 Å². The van der Waals surface area contributed by atoms with Crippen molar-refractivity contribution in [2.75, 3.05) is 6.61 Å². The molecule has 0 aromatic carbocycles. The van der Waals surface area contributed by atoms with Gasteiger partial charge in [-0.3, -0.25) is 0 Å². The zero-order valence-electron chi connectivity index (χ0n) is 7.21. The molecule has 0 bridgehead atoms. The van der Waals surface area contributed by atoms with Crippen molar-refractivity contribution in [2.45, 2.75) is 32.8 Å². The minimum absolute atomic E-state index is 0.289. The lowest BCUT2D eigenvalue weighted by molar-refractivity contribution is 0.146. The van der Waals surface area contributed by atoms with E-state index in [-0.39, 0.29) is 6.10 Å². The van der Waals surface area contributed by atoms with Crippen LogP contribution in [0.3, 0.4) is 0 Å². The topological polar surface area (TPSA) is 29.5 Å². The van der Waals surface area contributed by atoms with E-state index in [0.717, 1.165) is 25.0 Å². The van der Waals surface area contributed by atoms with Crippen LogP contribution in [0.4, 0.5) is 0 Å². The first-order valence-electron chi connectivity index (χ1n) is 4.24. The Kier molecular flexibility index (Phi) is 2.94. The van der Waals surface area contributed by atoms with Gasteiger partial charge < -0.3 is 9.84 Å². The van der Waals surface area contributed by atoms with Crippen molar-refractivity contribution in [1.82, 2.24) is 0 Å². The first-order chi connectivity index (χ1) is 5.25. The minimum atomic E-state index is -0.289. The molecule has 1 aliphatic heterocycles. The van der Waals surface area contributed by atoms with Crippen molar-refractivity contribution in [3.63, 3.8) is 0 Å². The Morgan fingerprint density at radius 1 is 1.73 bits per heavy atom. The molecular formula is C9H16O2. The highest BCUT2D eigenvalue weighted by Gasteiger charge is 2.19. The summed E-state index contributed by atoms with van der Waals surface area (Å²) in [6.07, 6.45) is 3.32. The maximum Gasteiger partial charge on any atom is 0.0912 e. The molecule has 0 aliphatic carbocycles. The van der Waals surface area contributed by atoms with Crippen LogP contribution in [0, 0.1) is 5.92 Å². The number of hydrogen-bond donors (Lipinski definition) is 1. The van der Waals surface area contributed by atoms with Crippen LogP contribution in [-0.2, 0) is 4.74 Å². The van der Waals surface area contributed by atoms with Gasteiger partial charge in [0.1, 0.15) is 0 Å². The van der Waals surface area contributed by atoms with Crippen molar-refractivity contribution >= 4 is 0 Å². The third-order valence-electron chi connectivity index (χ3n) is 2.31. The molecule has 0 radical (unpaired) electrons. The van der Waals surface area contributed by atoms with Gasteiger partial charge in [-0.1, -0.05) is 20.3 Å². The van der Waals surface area contributed by atoms with E-state index < -0.39 is 0 Å². The Morgan fingerprint density at radius 3 is 2.91 bits per heavy atom. The second-order valence-electron chi connectivity index (χ2n) is 3.14. The molecule has 0 aromatic rings. The van der Waals surface area contributed by atoms with Gasteiger partial charge in [-0.15, -0.1) is 0 Å². The van der Waals surface area contributed by atoms with E-state index in [0.29, 0.717) is 5.92 Å². The number of aliphatic hydroxyl groups excluding tert-OH is 1. The summed E-state index contributed by atoms with van der Waals surface area (Å²) >= 11 is 0. The summed E-state index contributed by atoms with van der Waals surface area (Å²) < 4.78 is 5.05. The first-order valence-corrected chi connectivity index (χ1v) is 4.24. The molecule has 2 unspecified atom stereocenters. The molecule has 0 spiro atoms. The first kappa shape index (κ1) is 8.60.